The molecule has 1 aromatic heterocycles. The van der Waals surface area contributed by atoms with Crippen LogP contribution in [0.1, 0.15) is 16.1 Å². The Balaban J connectivity index is 2.50. The Morgan fingerprint density at radius 2 is 1.89 bits per heavy atom. The summed E-state index contributed by atoms with van der Waals surface area (Å²) in [6.07, 6.45) is 0. The second-order valence-electron chi connectivity index (χ2n) is 3.73. The average Bonchev–Trinajstić information content (AvgIpc) is 2.34. The van der Waals surface area contributed by atoms with E-state index in [1.807, 2.05) is 0 Å². The number of aromatic nitrogens is 1. The maximum Gasteiger partial charge on any atom is 0.352 e. The third kappa shape index (κ3) is 2.43. The van der Waals surface area contributed by atoms with Crippen molar-refractivity contribution in [3.63, 3.8) is 0 Å². The average molecular weight is 264 g/mol. The number of carboxylic acids is 1. The van der Waals surface area contributed by atoms with Gasteiger partial charge in [-0.3, -0.25) is 9.36 Å². The summed E-state index contributed by atoms with van der Waals surface area (Å²) in [5.41, 5.74) is 0.284. The van der Waals surface area contributed by atoms with E-state index in [2.05, 4.69) is 0 Å². The number of nitrogens with zero attached hydrogens (tertiary/aromatic N) is 1. The van der Waals surface area contributed by atoms with Crippen LogP contribution in [0.4, 0.5) is 0 Å². The molecular formula is C13H10ClNO3. The number of hydrogen-bond acceptors (Lipinski definition) is 2. The molecule has 0 radical (unpaired) electrons. The van der Waals surface area contributed by atoms with Crippen molar-refractivity contribution in [2.24, 2.45) is 0 Å². The van der Waals surface area contributed by atoms with Crippen LogP contribution in [0.15, 0.2) is 47.3 Å². The van der Waals surface area contributed by atoms with Gasteiger partial charge in [0.05, 0.1) is 6.54 Å². The molecule has 2 aromatic rings. The van der Waals surface area contributed by atoms with Gasteiger partial charge in [0.25, 0.3) is 5.56 Å². The standard InChI is InChI=1S/C13H10ClNO3/c14-10-5-2-1-4-9(10)8-15-11(13(17)18)6-3-7-12(15)16/h1-7H,8H2,(H,17,18). The molecule has 0 aliphatic carbocycles. The Labute approximate surface area is 108 Å². The molecule has 1 aromatic carbocycles. The lowest BCUT2D eigenvalue weighted by Gasteiger charge is -2.10. The van der Waals surface area contributed by atoms with Crippen LogP contribution in [0.5, 0.6) is 0 Å². The van der Waals surface area contributed by atoms with Crippen LogP contribution in [0.25, 0.3) is 0 Å². The Bertz CT molecular complexity index is 649. The monoisotopic (exact) mass is 263 g/mol. The van der Waals surface area contributed by atoms with Crippen molar-refractivity contribution in [1.29, 1.82) is 0 Å². The van der Waals surface area contributed by atoms with Crippen molar-refractivity contribution in [2.75, 3.05) is 0 Å². The molecule has 0 unspecified atom stereocenters. The zero-order valence-electron chi connectivity index (χ0n) is 9.34. The molecule has 1 heterocycles. The second kappa shape index (κ2) is 5.06. The van der Waals surface area contributed by atoms with Crippen molar-refractivity contribution < 1.29 is 9.90 Å². The summed E-state index contributed by atoms with van der Waals surface area (Å²) in [4.78, 5) is 22.8. The first-order valence-corrected chi connectivity index (χ1v) is 5.64. The summed E-state index contributed by atoms with van der Waals surface area (Å²) in [7, 11) is 0. The van der Waals surface area contributed by atoms with Gasteiger partial charge in [-0.05, 0) is 17.7 Å². The molecular weight excluding hydrogens is 254 g/mol. The van der Waals surface area contributed by atoms with Gasteiger partial charge in [-0.25, -0.2) is 4.79 Å². The molecule has 0 spiro atoms. The van der Waals surface area contributed by atoms with E-state index >= 15 is 0 Å². The smallest absolute Gasteiger partial charge is 0.352 e. The fourth-order valence-corrected chi connectivity index (χ4v) is 1.86. The van der Waals surface area contributed by atoms with Crippen molar-refractivity contribution in [3.05, 3.63) is 69.1 Å². The van der Waals surface area contributed by atoms with Gasteiger partial charge in [-0.2, -0.15) is 0 Å². The van der Waals surface area contributed by atoms with Gasteiger partial charge >= 0.3 is 5.97 Å². The van der Waals surface area contributed by atoms with Crippen molar-refractivity contribution in [3.8, 4) is 0 Å². The first-order chi connectivity index (χ1) is 8.59. The Morgan fingerprint density at radius 3 is 2.56 bits per heavy atom. The topological polar surface area (TPSA) is 59.3 Å². The van der Waals surface area contributed by atoms with Crippen LogP contribution in [-0.2, 0) is 6.54 Å². The van der Waals surface area contributed by atoms with Gasteiger partial charge in [0.1, 0.15) is 5.69 Å². The predicted octanol–water partition coefficient (Wildman–Crippen LogP) is 2.25. The second-order valence-corrected chi connectivity index (χ2v) is 4.14. The maximum absolute atomic E-state index is 11.7. The molecule has 4 nitrogen and oxygen atoms in total. The molecule has 0 saturated heterocycles. The molecule has 18 heavy (non-hydrogen) atoms. The molecule has 0 aliphatic heterocycles. The maximum atomic E-state index is 11.7. The number of carbonyl (C=O) groups is 1. The highest BCUT2D eigenvalue weighted by Gasteiger charge is 2.11. The van der Waals surface area contributed by atoms with Crippen molar-refractivity contribution in [1.82, 2.24) is 4.57 Å². The first kappa shape index (κ1) is 12.4. The number of hydrogen-bond donors (Lipinski definition) is 1. The van der Waals surface area contributed by atoms with Crippen LogP contribution in [0.2, 0.25) is 5.02 Å². The summed E-state index contributed by atoms with van der Waals surface area (Å²) in [6.45, 7) is 0.140. The molecule has 5 heteroatoms. The van der Waals surface area contributed by atoms with E-state index in [1.54, 1.807) is 24.3 Å². The third-order valence-corrected chi connectivity index (χ3v) is 2.92. The lowest BCUT2D eigenvalue weighted by molar-refractivity contribution is 0.0684. The quantitative estimate of drug-likeness (QED) is 0.924. The zero-order valence-corrected chi connectivity index (χ0v) is 10.1. The summed E-state index contributed by atoms with van der Waals surface area (Å²) < 4.78 is 1.18. The van der Waals surface area contributed by atoms with Gasteiger partial charge in [-0.1, -0.05) is 35.9 Å². The summed E-state index contributed by atoms with van der Waals surface area (Å²) in [6, 6.07) is 11.2. The number of benzene rings is 1. The van der Waals surface area contributed by atoms with E-state index < -0.39 is 5.97 Å². The largest absolute Gasteiger partial charge is 0.477 e. The Hall–Kier alpha value is -2.07. The number of aromatic carboxylic acids is 1. The normalized spacial score (nSPS) is 10.3. The first-order valence-electron chi connectivity index (χ1n) is 5.26. The van der Waals surface area contributed by atoms with Gasteiger partial charge in [0.2, 0.25) is 0 Å². The van der Waals surface area contributed by atoms with E-state index in [-0.39, 0.29) is 17.8 Å². The number of carboxylic acid groups (broad SMARTS) is 1. The minimum atomic E-state index is -1.14. The number of pyridine rings is 1. The summed E-state index contributed by atoms with van der Waals surface area (Å²) >= 11 is 6.00. The van der Waals surface area contributed by atoms with Crippen LogP contribution in [0, 0.1) is 0 Å². The van der Waals surface area contributed by atoms with E-state index in [4.69, 9.17) is 16.7 Å². The fraction of sp³-hybridized carbons (Fsp3) is 0.0769. The SMILES string of the molecule is O=C(O)c1cccc(=O)n1Cc1ccccc1Cl. The van der Waals surface area contributed by atoms with Gasteiger partial charge in [0.15, 0.2) is 0 Å². The molecule has 1 N–H and O–H groups in total. The van der Waals surface area contributed by atoms with E-state index in [0.29, 0.717) is 10.6 Å². The minimum absolute atomic E-state index is 0.0533. The zero-order chi connectivity index (χ0) is 13.1. The Kier molecular flexibility index (Phi) is 3.48. The highest BCUT2D eigenvalue weighted by molar-refractivity contribution is 6.31. The van der Waals surface area contributed by atoms with Gasteiger partial charge in [-0.15, -0.1) is 0 Å². The van der Waals surface area contributed by atoms with Crippen LogP contribution in [-0.4, -0.2) is 15.6 Å². The Morgan fingerprint density at radius 1 is 1.17 bits per heavy atom. The third-order valence-electron chi connectivity index (χ3n) is 2.56. The lowest BCUT2D eigenvalue weighted by atomic mass is 10.2. The molecule has 0 fully saturated rings. The van der Waals surface area contributed by atoms with Gasteiger partial charge in [0, 0.05) is 11.1 Å². The number of rotatable bonds is 3. The molecule has 92 valence electrons. The van der Waals surface area contributed by atoms with Gasteiger partial charge < -0.3 is 5.11 Å². The summed E-state index contributed by atoms with van der Waals surface area (Å²) in [5.74, 6) is -1.14. The molecule has 0 amide bonds. The highest BCUT2D eigenvalue weighted by atomic mass is 35.5. The number of halogens is 1. The van der Waals surface area contributed by atoms with Crippen LogP contribution >= 0.6 is 11.6 Å². The predicted molar refractivity (Wildman–Crippen MR) is 68.2 cm³/mol. The molecule has 0 atom stereocenters. The minimum Gasteiger partial charge on any atom is -0.477 e. The van der Waals surface area contributed by atoms with Crippen LogP contribution in [0.3, 0.4) is 0 Å². The van der Waals surface area contributed by atoms with Crippen molar-refractivity contribution >= 4 is 17.6 Å². The van der Waals surface area contributed by atoms with E-state index in [0.717, 1.165) is 0 Å². The lowest BCUT2D eigenvalue weighted by Crippen LogP contribution is -2.25. The van der Waals surface area contributed by atoms with Crippen LogP contribution < -0.4 is 5.56 Å². The summed E-state index contributed by atoms with van der Waals surface area (Å²) in [5, 5.41) is 9.55. The molecule has 2 rings (SSSR count). The van der Waals surface area contributed by atoms with E-state index in [1.165, 1.54) is 22.8 Å². The fourth-order valence-electron chi connectivity index (χ4n) is 1.67. The van der Waals surface area contributed by atoms with Crippen molar-refractivity contribution in [2.45, 2.75) is 6.54 Å². The molecule has 0 aliphatic rings. The molecule has 0 bridgehead atoms. The van der Waals surface area contributed by atoms with E-state index in [9.17, 15) is 9.59 Å². The molecule has 0 saturated carbocycles. The highest BCUT2D eigenvalue weighted by Crippen LogP contribution is 2.16.